The number of rotatable bonds is 4. The second kappa shape index (κ2) is 5.81. The summed E-state index contributed by atoms with van der Waals surface area (Å²) in [5.41, 5.74) is 1.94. The van der Waals surface area contributed by atoms with Crippen molar-refractivity contribution in [3.63, 3.8) is 0 Å². The molecule has 2 aromatic rings. The molecule has 1 aromatic heterocycles. The standard InChI is InChI=1S/C14H15ClN2O2S/c1-8-6-12(10(3)20-8)9(2)16-11-4-5-14(17(18)19)13(15)7-11/h4-7,9,16H,1-3H3. The average molecular weight is 311 g/mol. The summed E-state index contributed by atoms with van der Waals surface area (Å²) >= 11 is 7.67. The van der Waals surface area contributed by atoms with E-state index in [1.54, 1.807) is 23.5 Å². The molecular formula is C14H15ClN2O2S. The van der Waals surface area contributed by atoms with E-state index in [1.165, 1.54) is 21.4 Å². The second-order valence-electron chi connectivity index (χ2n) is 4.66. The Bertz CT molecular complexity index is 655. The third-order valence-electron chi connectivity index (χ3n) is 3.07. The molecule has 0 spiro atoms. The van der Waals surface area contributed by atoms with Gasteiger partial charge in [-0.25, -0.2) is 0 Å². The molecule has 6 heteroatoms. The van der Waals surface area contributed by atoms with E-state index in [9.17, 15) is 10.1 Å². The summed E-state index contributed by atoms with van der Waals surface area (Å²) in [4.78, 5) is 12.8. The highest BCUT2D eigenvalue weighted by Crippen LogP contribution is 2.31. The number of nitrogens with zero attached hydrogens (tertiary/aromatic N) is 1. The molecule has 2 rings (SSSR count). The van der Waals surface area contributed by atoms with Gasteiger partial charge in [-0.1, -0.05) is 11.6 Å². The number of aryl methyl sites for hydroxylation is 2. The summed E-state index contributed by atoms with van der Waals surface area (Å²) in [5, 5.41) is 14.2. The number of anilines is 1. The lowest BCUT2D eigenvalue weighted by Crippen LogP contribution is -2.06. The van der Waals surface area contributed by atoms with Gasteiger partial charge in [0.15, 0.2) is 0 Å². The fourth-order valence-corrected chi connectivity index (χ4v) is 3.42. The van der Waals surface area contributed by atoms with Gasteiger partial charge in [-0.05, 0) is 44.5 Å². The quantitative estimate of drug-likeness (QED) is 0.631. The van der Waals surface area contributed by atoms with Gasteiger partial charge < -0.3 is 5.32 Å². The molecule has 1 N–H and O–H groups in total. The lowest BCUT2D eigenvalue weighted by atomic mass is 10.1. The van der Waals surface area contributed by atoms with E-state index in [0.29, 0.717) is 0 Å². The first-order valence-electron chi connectivity index (χ1n) is 6.16. The van der Waals surface area contributed by atoms with Crippen LogP contribution in [0.1, 0.15) is 28.3 Å². The van der Waals surface area contributed by atoms with Gasteiger partial charge >= 0.3 is 0 Å². The molecule has 106 valence electrons. The fourth-order valence-electron chi connectivity index (χ4n) is 2.15. The molecule has 1 atom stereocenters. The Morgan fingerprint density at radius 2 is 2.05 bits per heavy atom. The monoisotopic (exact) mass is 310 g/mol. The first kappa shape index (κ1) is 14.8. The number of nitrogens with one attached hydrogen (secondary N) is 1. The van der Waals surface area contributed by atoms with Crippen molar-refractivity contribution >= 4 is 34.3 Å². The molecule has 0 amide bonds. The van der Waals surface area contributed by atoms with Crippen molar-refractivity contribution in [2.75, 3.05) is 5.32 Å². The summed E-state index contributed by atoms with van der Waals surface area (Å²) in [5.74, 6) is 0. The van der Waals surface area contributed by atoms with E-state index < -0.39 is 4.92 Å². The van der Waals surface area contributed by atoms with E-state index >= 15 is 0 Å². The molecule has 1 heterocycles. The number of nitro benzene ring substituents is 1. The molecule has 4 nitrogen and oxygen atoms in total. The molecule has 0 fully saturated rings. The molecule has 0 radical (unpaired) electrons. The number of benzene rings is 1. The zero-order chi connectivity index (χ0) is 14.9. The fraction of sp³-hybridized carbons (Fsp3) is 0.286. The number of nitro groups is 1. The maximum atomic E-state index is 10.7. The normalized spacial score (nSPS) is 12.2. The van der Waals surface area contributed by atoms with Crippen LogP contribution >= 0.6 is 22.9 Å². The maximum Gasteiger partial charge on any atom is 0.288 e. The number of hydrogen-bond donors (Lipinski definition) is 1. The van der Waals surface area contributed by atoms with Crippen LogP contribution < -0.4 is 5.32 Å². The third-order valence-corrected chi connectivity index (χ3v) is 4.36. The molecule has 1 aromatic carbocycles. The highest BCUT2D eigenvalue weighted by molar-refractivity contribution is 7.12. The van der Waals surface area contributed by atoms with E-state index in [2.05, 4.69) is 32.2 Å². The summed E-state index contributed by atoms with van der Waals surface area (Å²) < 4.78 is 0. The van der Waals surface area contributed by atoms with Crippen LogP contribution in [0.15, 0.2) is 24.3 Å². The predicted molar refractivity (Wildman–Crippen MR) is 83.9 cm³/mol. The summed E-state index contributed by atoms with van der Waals surface area (Å²) in [6.45, 7) is 6.23. The van der Waals surface area contributed by atoms with Crippen LogP contribution in [0.25, 0.3) is 0 Å². The smallest absolute Gasteiger partial charge is 0.288 e. The molecule has 0 saturated carbocycles. The van der Waals surface area contributed by atoms with Gasteiger partial charge in [-0.2, -0.15) is 0 Å². The molecule has 0 saturated heterocycles. The Hall–Kier alpha value is -1.59. The minimum Gasteiger partial charge on any atom is -0.378 e. The third kappa shape index (κ3) is 3.11. The van der Waals surface area contributed by atoms with Crippen LogP contribution in [-0.4, -0.2) is 4.92 Å². The number of thiophene rings is 1. The molecule has 0 aliphatic carbocycles. The molecule has 0 aliphatic rings. The SMILES string of the molecule is Cc1cc(C(C)Nc2ccc([N+](=O)[O-])c(Cl)c2)c(C)s1. The van der Waals surface area contributed by atoms with Crippen LogP contribution in [0.2, 0.25) is 5.02 Å². The van der Waals surface area contributed by atoms with Gasteiger partial charge in [-0.3, -0.25) is 10.1 Å². The molecule has 0 aliphatic heterocycles. The maximum absolute atomic E-state index is 10.7. The predicted octanol–water partition coefficient (Wildman–Crippen LogP) is 5.10. The van der Waals surface area contributed by atoms with Crippen molar-refractivity contribution in [1.82, 2.24) is 0 Å². The van der Waals surface area contributed by atoms with Crippen LogP contribution in [0.5, 0.6) is 0 Å². The topological polar surface area (TPSA) is 55.2 Å². The first-order valence-corrected chi connectivity index (χ1v) is 7.35. The van der Waals surface area contributed by atoms with E-state index in [0.717, 1.165) is 5.69 Å². The van der Waals surface area contributed by atoms with E-state index in [4.69, 9.17) is 11.6 Å². The van der Waals surface area contributed by atoms with Crippen molar-refractivity contribution in [2.45, 2.75) is 26.8 Å². The highest BCUT2D eigenvalue weighted by atomic mass is 35.5. The van der Waals surface area contributed by atoms with Gasteiger partial charge in [0.05, 0.1) is 4.92 Å². The van der Waals surface area contributed by atoms with Gasteiger partial charge in [0.2, 0.25) is 0 Å². The van der Waals surface area contributed by atoms with Crippen LogP contribution in [0.3, 0.4) is 0 Å². The lowest BCUT2D eigenvalue weighted by molar-refractivity contribution is -0.384. The van der Waals surface area contributed by atoms with Gasteiger partial charge in [0.1, 0.15) is 5.02 Å². The summed E-state index contributed by atoms with van der Waals surface area (Å²) in [6, 6.07) is 6.96. The second-order valence-corrected chi connectivity index (χ2v) is 6.53. The average Bonchev–Trinajstić information content (AvgIpc) is 2.68. The first-order chi connectivity index (χ1) is 9.38. The van der Waals surface area contributed by atoms with Crippen molar-refractivity contribution in [3.8, 4) is 0 Å². The Kier molecular flexibility index (Phi) is 4.30. The van der Waals surface area contributed by atoms with Gasteiger partial charge in [0.25, 0.3) is 5.69 Å². The Labute approximate surface area is 126 Å². The van der Waals surface area contributed by atoms with Crippen LogP contribution in [-0.2, 0) is 0 Å². The van der Waals surface area contributed by atoms with Gasteiger partial charge in [0, 0.05) is 27.5 Å². The zero-order valence-electron chi connectivity index (χ0n) is 11.4. The number of hydrogen-bond acceptors (Lipinski definition) is 4. The lowest BCUT2D eigenvalue weighted by Gasteiger charge is -2.15. The Balaban J connectivity index is 2.20. The number of halogens is 1. The van der Waals surface area contributed by atoms with E-state index in [1.807, 2.05) is 0 Å². The van der Waals surface area contributed by atoms with Gasteiger partial charge in [-0.15, -0.1) is 11.3 Å². The van der Waals surface area contributed by atoms with Crippen molar-refractivity contribution in [1.29, 1.82) is 0 Å². The van der Waals surface area contributed by atoms with Crippen LogP contribution in [0, 0.1) is 24.0 Å². The minimum atomic E-state index is -0.484. The zero-order valence-corrected chi connectivity index (χ0v) is 13.0. The molecule has 20 heavy (non-hydrogen) atoms. The molecular weight excluding hydrogens is 296 g/mol. The van der Waals surface area contributed by atoms with E-state index in [-0.39, 0.29) is 16.8 Å². The Morgan fingerprint density at radius 3 is 2.55 bits per heavy atom. The Morgan fingerprint density at radius 1 is 1.35 bits per heavy atom. The molecule has 0 bridgehead atoms. The minimum absolute atomic E-state index is 0.0765. The highest BCUT2D eigenvalue weighted by Gasteiger charge is 2.15. The largest absolute Gasteiger partial charge is 0.378 e. The summed E-state index contributed by atoms with van der Waals surface area (Å²) in [7, 11) is 0. The molecule has 1 unspecified atom stereocenters. The van der Waals surface area contributed by atoms with Crippen molar-refractivity contribution in [3.05, 3.63) is 54.7 Å². The van der Waals surface area contributed by atoms with Crippen LogP contribution in [0.4, 0.5) is 11.4 Å². The van der Waals surface area contributed by atoms with Crippen molar-refractivity contribution in [2.24, 2.45) is 0 Å². The summed E-state index contributed by atoms with van der Waals surface area (Å²) in [6.07, 6.45) is 0. The van der Waals surface area contributed by atoms with Crippen molar-refractivity contribution < 1.29 is 4.92 Å².